The number of ether oxygens (including phenoxy) is 3. The number of hydrogen-bond donors (Lipinski definition) is 0. The molecular weight excluding hydrogens is 216 g/mol. The molecule has 3 nitrogen and oxygen atoms in total. The highest BCUT2D eigenvalue weighted by Gasteiger charge is 2.13. The van der Waals surface area contributed by atoms with Crippen molar-refractivity contribution >= 4 is 11.6 Å². The van der Waals surface area contributed by atoms with Crippen LogP contribution in [0.2, 0.25) is 0 Å². The Balaban J connectivity index is 3.19. The second-order valence-electron chi connectivity index (χ2n) is 2.90. The third kappa shape index (κ3) is 2.69. The third-order valence-electron chi connectivity index (χ3n) is 1.96. The average Bonchev–Trinajstić information content (AvgIpc) is 2.29. The van der Waals surface area contributed by atoms with E-state index in [1.165, 1.54) is 0 Å². The van der Waals surface area contributed by atoms with Crippen molar-refractivity contribution in [1.29, 1.82) is 0 Å². The summed E-state index contributed by atoms with van der Waals surface area (Å²) in [6.07, 6.45) is 0. The first-order valence-electron chi connectivity index (χ1n) is 4.70. The van der Waals surface area contributed by atoms with Crippen LogP contribution in [-0.4, -0.2) is 20.8 Å². The molecule has 1 aromatic carbocycles. The van der Waals surface area contributed by atoms with Gasteiger partial charge >= 0.3 is 0 Å². The van der Waals surface area contributed by atoms with Crippen molar-refractivity contribution in [3.05, 3.63) is 17.7 Å². The molecular formula is C11H15ClO3. The van der Waals surface area contributed by atoms with Crippen LogP contribution >= 0.6 is 11.6 Å². The molecule has 0 saturated carbocycles. The van der Waals surface area contributed by atoms with Gasteiger partial charge in [-0.2, -0.15) is 0 Å². The van der Waals surface area contributed by atoms with Crippen LogP contribution in [-0.2, 0) is 5.88 Å². The minimum absolute atomic E-state index is 0.416. The van der Waals surface area contributed by atoms with Crippen LogP contribution in [0.4, 0.5) is 0 Å². The fraction of sp³-hybridized carbons (Fsp3) is 0.455. The highest BCUT2D eigenvalue weighted by molar-refractivity contribution is 6.17. The van der Waals surface area contributed by atoms with Gasteiger partial charge in [-0.15, -0.1) is 11.6 Å². The Kier molecular flexibility index (Phi) is 4.56. The maximum atomic E-state index is 5.76. The van der Waals surface area contributed by atoms with Gasteiger partial charge < -0.3 is 14.2 Å². The summed E-state index contributed by atoms with van der Waals surface area (Å²) in [5.74, 6) is 2.33. The smallest absolute Gasteiger partial charge is 0.203 e. The van der Waals surface area contributed by atoms with Gasteiger partial charge in [0.15, 0.2) is 11.5 Å². The maximum Gasteiger partial charge on any atom is 0.203 e. The molecule has 0 fully saturated rings. The van der Waals surface area contributed by atoms with Crippen molar-refractivity contribution in [3.8, 4) is 17.2 Å². The molecule has 0 unspecified atom stereocenters. The molecule has 0 spiro atoms. The number of benzene rings is 1. The van der Waals surface area contributed by atoms with Crippen LogP contribution in [0, 0.1) is 0 Å². The first-order valence-corrected chi connectivity index (χ1v) is 5.23. The van der Waals surface area contributed by atoms with Crippen LogP contribution in [0.3, 0.4) is 0 Å². The van der Waals surface area contributed by atoms with Crippen molar-refractivity contribution in [3.63, 3.8) is 0 Å². The first kappa shape index (κ1) is 12.0. The van der Waals surface area contributed by atoms with E-state index in [2.05, 4.69) is 0 Å². The molecule has 0 radical (unpaired) electrons. The number of halogens is 1. The van der Waals surface area contributed by atoms with Gasteiger partial charge in [-0.3, -0.25) is 0 Å². The van der Waals surface area contributed by atoms with E-state index < -0.39 is 0 Å². The number of hydrogen-bond acceptors (Lipinski definition) is 3. The fourth-order valence-electron chi connectivity index (χ4n) is 1.30. The summed E-state index contributed by atoms with van der Waals surface area (Å²) in [5, 5.41) is 0. The quantitative estimate of drug-likeness (QED) is 0.728. The largest absolute Gasteiger partial charge is 0.493 e. The highest BCUT2D eigenvalue weighted by atomic mass is 35.5. The Labute approximate surface area is 94.9 Å². The number of methoxy groups -OCH3 is 2. The van der Waals surface area contributed by atoms with Gasteiger partial charge in [-0.05, 0) is 24.6 Å². The van der Waals surface area contributed by atoms with E-state index in [1.807, 2.05) is 19.1 Å². The van der Waals surface area contributed by atoms with E-state index in [9.17, 15) is 0 Å². The fourth-order valence-corrected chi connectivity index (χ4v) is 1.45. The van der Waals surface area contributed by atoms with Crippen LogP contribution in [0.25, 0.3) is 0 Å². The Morgan fingerprint density at radius 3 is 2.00 bits per heavy atom. The molecule has 0 N–H and O–H groups in total. The monoisotopic (exact) mass is 230 g/mol. The minimum atomic E-state index is 0.416. The van der Waals surface area contributed by atoms with Crippen molar-refractivity contribution in [2.45, 2.75) is 12.8 Å². The summed E-state index contributed by atoms with van der Waals surface area (Å²) in [7, 11) is 3.19. The predicted octanol–water partition coefficient (Wildman–Crippen LogP) is 2.84. The zero-order valence-electron chi connectivity index (χ0n) is 9.17. The third-order valence-corrected chi connectivity index (χ3v) is 2.27. The molecule has 0 atom stereocenters. The van der Waals surface area contributed by atoms with E-state index >= 15 is 0 Å². The van der Waals surface area contributed by atoms with E-state index in [4.69, 9.17) is 25.8 Å². The van der Waals surface area contributed by atoms with Gasteiger partial charge in [-0.1, -0.05) is 0 Å². The lowest BCUT2D eigenvalue weighted by Gasteiger charge is -2.14. The molecule has 0 amide bonds. The molecule has 84 valence electrons. The Morgan fingerprint density at radius 2 is 1.67 bits per heavy atom. The van der Waals surface area contributed by atoms with E-state index in [1.54, 1.807) is 14.2 Å². The summed E-state index contributed by atoms with van der Waals surface area (Å²) < 4.78 is 15.9. The van der Waals surface area contributed by atoms with Crippen molar-refractivity contribution in [1.82, 2.24) is 0 Å². The predicted molar refractivity (Wildman–Crippen MR) is 60.3 cm³/mol. The lowest BCUT2D eigenvalue weighted by molar-refractivity contribution is 0.288. The number of alkyl halides is 1. The van der Waals surface area contributed by atoms with Crippen LogP contribution in [0.1, 0.15) is 12.5 Å². The maximum absolute atomic E-state index is 5.76. The van der Waals surface area contributed by atoms with E-state index in [0.29, 0.717) is 29.7 Å². The molecule has 0 aliphatic carbocycles. The lowest BCUT2D eigenvalue weighted by atomic mass is 10.2. The van der Waals surface area contributed by atoms with E-state index in [-0.39, 0.29) is 0 Å². The van der Waals surface area contributed by atoms with Gasteiger partial charge in [0.25, 0.3) is 0 Å². The highest BCUT2D eigenvalue weighted by Crippen LogP contribution is 2.38. The zero-order chi connectivity index (χ0) is 11.3. The van der Waals surface area contributed by atoms with Crippen molar-refractivity contribution < 1.29 is 14.2 Å². The standard InChI is InChI=1S/C11H15ClO3/c1-4-15-11-9(13-2)5-8(7-12)6-10(11)14-3/h5-6H,4,7H2,1-3H3. The first-order chi connectivity index (χ1) is 7.26. The summed E-state index contributed by atoms with van der Waals surface area (Å²) >= 11 is 5.76. The van der Waals surface area contributed by atoms with Gasteiger partial charge in [0, 0.05) is 5.88 Å². The van der Waals surface area contributed by atoms with E-state index in [0.717, 1.165) is 5.56 Å². The molecule has 0 aliphatic rings. The van der Waals surface area contributed by atoms with Crippen LogP contribution < -0.4 is 14.2 Å². The van der Waals surface area contributed by atoms with Gasteiger partial charge in [0.05, 0.1) is 20.8 Å². The Bertz CT molecular complexity index is 301. The molecule has 0 bridgehead atoms. The SMILES string of the molecule is CCOc1c(OC)cc(CCl)cc1OC. The van der Waals surface area contributed by atoms with Crippen molar-refractivity contribution in [2.75, 3.05) is 20.8 Å². The average molecular weight is 231 g/mol. The molecule has 15 heavy (non-hydrogen) atoms. The summed E-state index contributed by atoms with van der Waals surface area (Å²) in [6, 6.07) is 3.70. The normalized spacial score (nSPS) is 9.87. The molecule has 0 heterocycles. The van der Waals surface area contributed by atoms with Crippen LogP contribution in [0.15, 0.2) is 12.1 Å². The minimum Gasteiger partial charge on any atom is -0.493 e. The summed E-state index contributed by atoms with van der Waals surface area (Å²) in [4.78, 5) is 0. The zero-order valence-corrected chi connectivity index (χ0v) is 9.93. The Hall–Kier alpha value is -1.09. The lowest BCUT2D eigenvalue weighted by Crippen LogP contribution is -1.99. The summed E-state index contributed by atoms with van der Waals surface area (Å²) in [5.41, 5.74) is 0.939. The summed E-state index contributed by atoms with van der Waals surface area (Å²) in [6.45, 7) is 2.47. The molecule has 0 aliphatic heterocycles. The molecule has 1 aromatic rings. The van der Waals surface area contributed by atoms with Gasteiger partial charge in [0.2, 0.25) is 5.75 Å². The van der Waals surface area contributed by atoms with Crippen molar-refractivity contribution in [2.24, 2.45) is 0 Å². The number of rotatable bonds is 5. The van der Waals surface area contributed by atoms with Gasteiger partial charge in [0.1, 0.15) is 0 Å². The van der Waals surface area contributed by atoms with Gasteiger partial charge in [-0.25, -0.2) is 0 Å². The Morgan fingerprint density at radius 1 is 1.13 bits per heavy atom. The molecule has 1 rings (SSSR count). The second-order valence-corrected chi connectivity index (χ2v) is 3.16. The van der Waals surface area contributed by atoms with Crippen LogP contribution in [0.5, 0.6) is 17.2 Å². The topological polar surface area (TPSA) is 27.7 Å². The molecule has 0 aromatic heterocycles. The molecule has 4 heteroatoms. The second kappa shape index (κ2) is 5.71. The molecule has 0 saturated heterocycles.